The van der Waals surface area contributed by atoms with E-state index in [-0.39, 0.29) is 12.5 Å². The molecule has 9 nitrogen and oxygen atoms in total. The van der Waals surface area contributed by atoms with Crippen LogP contribution in [0.1, 0.15) is 25.7 Å². The van der Waals surface area contributed by atoms with Gasteiger partial charge < -0.3 is 14.5 Å². The zero-order valence-corrected chi connectivity index (χ0v) is 20.1. The monoisotopic (exact) mass is 485 g/mol. The first-order valence-electron chi connectivity index (χ1n) is 12.2. The molecule has 3 aliphatic heterocycles. The molecule has 10 heteroatoms. The van der Waals surface area contributed by atoms with E-state index in [2.05, 4.69) is 28.1 Å². The molecule has 1 amide bonds. The molecular weight excluding hydrogens is 454 g/mol. The first-order chi connectivity index (χ1) is 16.4. The van der Waals surface area contributed by atoms with Crippen LogP contribution in [0.2, 0.25) is 0 Å². The van der Waals surface area contributed by atoms with E-state index in [1.807, 2.05) is 17.2 Å². The van der Waals surface area contributed by atoms with Crippen LogP contribution in [-0.4, -0.2) is 96.9 Å². The van der Waals surface area contributed by atoms with Crippen molar-refractivity contribution >= 4 is 32.6 Å². The van der Waals surface area contributed by atoms with E-state index in [0.717, 1.165) is 29.3 Å². The largest absolute Gasteiger partial charge is 0.369 e. The molecule has 1 aromatic heterocycles. The fourth-order valence-electron chi connectivity index (χ4n) is 5.50. The quantitative estimate of drug-likeness (QED) is 0.652. The molecule has 4 heterocycles. The Bertz CT molecular complexity index is 1180. The predicted octanol–water partition coefficient (Wildman–Crippen LogP) is 1.46. The van der Waals surface area contributed by atoms with Crippen molar-refractivity contribution in [3.05, 3.63) is 36.7 Å². The van der Waals surface area contributed by atoms with Gasteiger partial charge in [-0.2, -0.15) is 17.0 Å². The molecule has 0 unspecified atom stereocenters. The lowest BCUT2D eigenvalue weighted by Crippen LogP contribution is -2.61. The van der Waals surface area contributed by atoms with Crippen LogP contribution in [-0.2, 0) is 19.7 Å². The summed E-state index contributed by atoms with van der Waals surface area (Å²) in [5, 5.41) is 2.23. The average molecular weight is 486 g/mol. The van der Waals surface area contributed by atoms with Crippen molar-refractivity contribution in [1.82, 2.24) is 18.5 Å². The molecule has 1 saturated carbocycles. The lowest BCUT2D eigenvalue weighted by Gasteiger charge is -2.47. The van der Waals surface area contributed by atoms with Gasteiger partial charge in [0.1, 0.15) is 6.61 Å². The van der Waals surface area contributed by atoms with Gasteiger partial charge in [-0.1, -0.05) is 6.07 Å². The Balaban J connectivity index is 1.07. The Kier molecular flexibility index (Phi) is 5.51. The van der Waals surface area contributed by atoms with Gasteiger partial charge in [-0.05, 0) is 49.3 Å². The zero-order chi connectivity index (χ0) is 23.3. The second kappa shape index (κ2) is 8.44. The smallest absolute Gasteiger partial charge is 0.282 e. The summed E-state index contributed by atoms with van der Waals surface area (Å²) in [7, 11) is -3.51. The van der Waals surface area contributed by atoms with Gasteiger partial charge in [0.05, 0.1) is 12.1 Å². The summed E-state index contributed by atoms with van der Waals surface area (Å²) in [4.78, 5) is 20.6. The lowest BCUT2D eigenvalue weighted by molar-refractivity contribution is -0.170. The minimum atomic E-state index is -3.51. The van der Waals surface area contributed by atoms with E-state index in [0.29, 0.717) is 64.7 Å². The summed E-state index contributed by atoms with van der Waals surface area (Å²) >= 11 is 0. The van der Waals surface area contributed by atoms with Crippen molar-refractivity contribution in [3.8, 4) is 0 Å². The molecule has 1 spiro atoms. The summed E-state index contributed by atoms with van der Waals surface area (Å²) in [6.07, 6.45) is 7.06. The maximum atomic E-state index is 13.4. The number of amides is 1. The van der Waals surface area contributed by atoms with E-state index in [9.17, 15) is 13.2 Å². The number of carbonyl (C=O) groups is 1. The van der Waals surface area contributed by atoms with Crippen LogP contribution in [0.5, 0.6) is 0 Å². The molecule has 0 radical (unpaired) electrons. The Labute approximate surface area is 200 Å². The maximum absolute atomic E-state index is 13.4. The summed E-state index contributed by atoms with van der Waals surface area (Å²) < 4.78 is 36.0. The molecule has 0 atom stereocenters. The molecule has 34 heavy (non-hydrogen) atoms. The normalized spacial score (nSPS) is 24.8. The van der Waals surface area contributed by atoms with Crippen molar-refractivity contribution in [1.29, 1.82) is 0 Å². The Hall–Kier alpha value is -2.27. The number of hydrogen-bond donors (Lipinski definition) is 0. The minimum Gasteiger partial charge on any atom is -0.369 e. The van der Waals surface area contributed by atoms with Crippen LogP contribution in [0, 0.1) is 0 Å². The average Bonchev–Trinajstić information content (AvgIpc) is 3.71. The number of hydrogen-bond acceptors (Lipinski definition) is 6. The number of rotatable bonds is 4. The van der Waals surface area contributed by atoms with Crippen LogP contribution in [0.3, 0.4) is 0 Å². The van der Waals surface area contributed by atoms with E-state index in [1.54, 1.807) is 14.8 Å². The SMILES string of the molecule is O=C1COC2(CCN(S(=O)(=O)N3CCN(c4ccc5cnccc5c4)CC3)CC2)CN1C1CC1. The van der Waals surface area contributed by atoms with Gasteiger partial charge in [-0.3, -0.25) is 9.78 Å². The van der Waals surface area contributed by atoms with Crippen molar-refractivity contribution < 1.29 is 17.9 Å². The Morgan fingerprint density at radius 1 is 0.941 bits per heavy atom. The van der Waals surface area contributed by atoms with Gasteiger partial charge in [0.25, 0.3) is 10.2 Å². The van der Waals surface area contributed by atoms with E-state index in [1.165, 1.54) is 0 Å². The van der Waals surface area contributed by atoms with Crippen LogP contribution < -0.4 is 4.90 Å². The van der Waals surface area contributed by atoms with Crippen LogP contribution in [0.4, 0.5) is 5.69 Å². The number of piperazine rings is 1. The third kappa shape index (κ3) is 4.06. The second-order valence-electron chi connectivity index (χ2n) is 9.92. The standard InChI is InChI=1S/C24H31N5O4S/c30-23-17-33-24(18-29(23)21-3-4-21)6-9-27(10-7-24)34(31,32)28-13-11-26(12-14-28)22-2-1-20-16-25-8-5-19(20)15-22/h1-2,5,8,15-16,21H,3-4,6-7,9-14,17-18H2. The number of carbonyl (C=O) groups excluding carboxylic acids is 1. The highest BCUT2D eigenvalue weighted by Gasteiger charge is 2.48. The molecule has 3 saturated heterocycles. The molecule has 1 aromatic carbocycles. The molecule has 1 aliphatic carbocycles. The van der Waals surface area contributed by atoms with Crippen molar-refractivity contribution in [2.45, 2.75) is 37.3 Å². The highest BCUT2D eigenvalue weighted by atomic mass is 32.2. The van der Waals surface area contributed by atoms with Crippen molar-refractivity contribution in [3.63, 3.8) is 0 Å². The molecule has 0 bridgehead atoms. The van der Waals surface area contributed by atoms with Gasteiger partial charge in [0.15, 0.2) is 0 Å². The van der Waals surface area contributed by atoms with Crippen LogP contribution in [0.25, 0.3) is 10.8 Å². The van der Waals surface area contributed by atoms with Gasteiger partial charge >= 0.3 is 0 Å². The summed E-state index contributed by atoms with van der Waals surface area (Å²) in [5.74, 6) is 0.0733. The number of piperidine rings is 1. The second-order valence-corrected chi connectivity index (χ2v) is 11.9. The highest BCUT2D eigenvalue weighted by Crippen LogP contribution is 2.37. The Morgan fingerprint density at radius 2 is 1.68 bits per heavy atom. The van der Waals surface area contributed by atoms with Crippen molar-refractivity contribution in [2.75, 3.05) is 57.3 Å². The van der Waals surface area contributed by atoms with Crippen molar-refractivity contribution in [2.24, 2.45) is 0 Å². The van der Waals surface area contributed by atoms with E-state index >= 15 is 0 Å². The number of anilines is 1. The number of morpholine rings is 1. The maximum Gasteiger partial charge on any atom is 0.282 e. The Morgan fingerprint density at radius 3 is 2.41 bits per heavy atom. The highest BCUT2D eigenvalue weighted by molar-refractivity contribution is 7.86. The van der Waals surface area contributed by atoms with Gasteiger partial charge in [0.2, 0.25) is 5.91 Å². The van der Waals surface area contributed by atoms with Gasteiger partial charge in [-0.15, -0.1) is 0 Å². The fraction of sp³-hybridized carbons (Fsp3) is 0.583. The first kappa shape index (κ1) is 22.2. The first-order valence-corrected chi connectivity index (χ1v) is 13.6. The molecule has 4 aliphatic rings. The predicted molar refractivity (Wildman–Crippen MR) is 129 cm³/mol. The van der Waals surface area contributed by atoms with Crippen LogP contribution in [0.15, 0.2) is 36.7 Å². The topological polar surface area (TPSA) is 86.3 Å². The number of aromatic nitrogens is 1. The molecule has 2 aromatic rings. The third-order valence-electron chi connectivity index (χ3n) is 7.78. The fourth-order valence-corrected chi connectivity index (χ4v) is 7.09. The lowest BCUT2D eigenvalue weighted by atomic mass is 9.90. The van der Waals surface area contributed by atoms with Gasteiger partial charge in [-0.25, -0.2) is 0 Å². The van der Waals surface area contributed by atoms with E-state index in [4.69, 9.17) is 4.74 Å². The zero-order valence-electron chi connectivity index (χ0n) is 19.3. The summed E-state index contributed by atoms with van der Waals surface area (Å²) in [6.45, 7) is 3.87. The van der Waals surface area contributed by atoms with Crippen LogP contribution >= 0.6 is 0 Å². The number of fused-ring (bicyclic) bond motifs is 1. The minimum absolute atomic E-state index is 0.0733. The van der Waals surface area contributed by atoms with Gasteiger partial charge in [0, 0.05) is 68.8 Å². The third-order valence-corrected chi connectivity index (χ3v) is 9.82. The molecule has 4 fully saturated rings. The summed E-state index contributed by atoms with van der Waals surface area (Å²) in [5.41, 5.74) is 0.715. The molecule has 182 valence electrons. The van der Waals surface area contributed by atoms with E-state index < -0.39 is 15.8 Å². The molecular formula is C24H31N5O4S. The molecule has 0 N–H and O–H groups in total. The number of benzene rings is 1. The summed E-state index contributed by atoms with van der Waals surface area (Å²) in [6, 6.07) is 8.66. The number of nitrogens with zero attached hydrogens (tertiary/aromatic N) is 5. The molecule has 6 rings (SSSR count). The number of ether oxygens (including phenoxy) is 1. The number of pyridine rings is 1.